The molecule has 0 amide bonds. The van der Waals surface area contributed by atoms with Gasteiger partial charge in [-0.15, -0.1) is 0 Å². The topological polar surface area (TPSA) is 48.9 Å². The van der Waals surface area contributed by atoms with Crippen LogP contribution in [0.5, 0.6) is 5.75 Å². The summed E-state index contributed by atoms with van der Waals surface area (Å²) in [6, 6.07) is 8.30. The predicted molar refractivity (Wildman–Crippen MR) is 113 cm³/mol. The lowest BCUT2D eigenvalue weighted by atomic mass is 10.1. The molecule has 1 saturated heterocycles. The van der Waals surface area contributed by atoms with E-state index in [2.05, 4.69) is 65.4 Å². The molecule has 0 aromatic heterocycles. The lowest BCUT2D eigenvalue weighted by Gasteiger charge is -2.24. The smallest absolute Gasteiger partial charge is 0.191 e. The van der Waals surface area contributed by atoms with E-state index in [9.17, 15) is 0 Å². The number of nitrogens with zero attached hydrogens (tertiary/aromatic N) is 2. The molecule has 5 nitrogen and oxygen atoms in total. The Morgan fingerprint density at radius 1 is 1.27 bits per heavy atom. The van der Waals surface area contributed by atoms with Crippen molar-refractivity contribution in [2.75, 3.05) is 46.6 Å². The van der Waals surface area contributed by atoms with Crippen molar-refractivity contribution in [3.05, 3.63) is 29.8 Å². The van der Waals surface area contributed by atoms with Crippen LogP contribution in [-0.2, 0) is 6.54 Å². The standard InChI is InChI=1S/C20H34N4OS/c1-20(11-5-14-26-20)16-23-19(21-2)22-15-17-7-9-18(10-8-17)25-13-6-12-24(3)4/h7-10H,5-6,11-16H2,1-4H3,(H2,21,22,23). The number of nitrogens with one attached hydrogen (secondary N) is 2. The third-order valence-electron chi connectivity index (χ3n) is 4.56. The van der Waals surface area contributed by atoms with Gasteiger partial charge in [-0.1, -0.05) is 12.1 Å². The van der Waals surface area contributed by atoms with Crippen LogP contribution in [0, 0.1) is 0 Å². The molecule has 146 valence electrons. The molecule has 0 spiro atoms. The fraction of sp³-hybridized carbons (Fsp3) is 0.650. The minimum atomic E-state index is 0.336. The van der Waals surface area contributed by atoms with Gasteiger partial charge in [-0.3, -0.25) is 4.99 Å². The molecule has 2 rings (SSSR count). The van der Waals surface area contributed by atoms with Gasteiger partial charge in [0.1, 0.15) is 5.75 Å². The second-order valence-corrected chi connectivity index (χ2v) is 9.01. The molecule has 1 aromatic carbocycles. The van der Waals surface area contributed by atoms with Crippen molar-refractivity contribution in [2.45, 2.75) is 37.5 Å². The van der Waals surface area contributed by atoms with Crippen molar-refractivity contribution in [3.63, 3.8) is 0 Å². The zero-order chi connectivity index (χ0) is 18.8. The molecule has 1 atom stereocenters. The van der Waals surface area contributed by atoms with Crippen molar-refractivity contribution < 1.29 is 4.74 Å². The summed E-state index contributed by atoms with van der Waals surface area (Å²) in [5.41, 5.74) is 1.22. The highest BCUT2D eigenvalue weighted by molar-refractivity contribution is 8.00. The van der Waals surface area contributed by atoms with Gasteiger partial charge in [0.2, 0.25) is 0 Å². The molecule has 26 heavy (non-hydrogen) atoms. The number of thioether (sulfide) groups is 1. The van der Waals surface area contributed by atoms with Gasteiger partial charge in [0.25, 0.3) is 0 Å². The minimum absolute atomic E-state index is 0.336. The molecular weight excluding hydrogens is 344 g/mol. The Morgan fingerprint density at radius 3 is 2.65 bits per heavy atom. The van der Waals surface area contributed by atoms with Gasteiger partial charge < -0.3 is 20.3 Å². The molecule has 0 bridgehead atoms. The number of rotatable bonds is 9. The van der Waals surface area contributed by atoms with Crippen LogP contribution >= 0.6 is 11.8 Å². The second-order valence-electron chi connectivity index (χ2n) is 7.33. The zero-order valence-electron chi connectivity index (χ0n) is 16.7. The fourth-order valence-electron chi connectivity index (χ4n) is 2.93. The zero-order valence-corrected chi connectivity index (χ0v) is 17.5. The molecule has 0 radical (unpaired) electrons. The predicted octanol–water partition coefficient (Wildman–Crippen LogP) is 2.97. The van der Waals surface area contributed by atoms with Crippen LogP contribution in [0.4, 0.5) is 0 Å². The van der Waals surface area contributed by atoms with Gasteiger partial charge >= 0.3 is 0 Å². The molecule has 1 aromatic rings. The highest BCUT2D eigenvalue weighted by atomic mass is 32.2. The van der Waals surface area contributed by atoms with Crippen molar-refractivity contribution in [2.24, 2.45) is 4.99 Å². The van der Waals surface area contributed by atoms with E-state index in [-0.39, 0.29) is 0 Å². The minimum Gasteiger partial charge on any atom is -0.494 e. The van der Waals surface area contributed by atoms with E-state index in [1.165, 1.54) is 24.2 Å². The van der Waals surface area contributed by atoms with E-state index < -0.39 is 0 Å². The molecule has 1 aliphatic heterocycles. The number of guanidine groups is 1. The molecule has 1 unspecified atom stereocenters. The van der Waals surface area contributed by atoms with E-state index in [0.717, 1.165) is 44.4 Å². The lowest BCUT2D eigenvalue weighted by molar-refractivity contribution is 0.281. The first-order valence-corrected chi connectivity index (χ1v) is 10.4. The van der Waals surface area contributed by atoms with Gasteiger partial charge in [-0.25, -0.2) is 0 Å². The molecule has 1 fully saturated rings. The van der Waals surface area contributed by atoms with E-state index in [1.54, 1.807) is 0 Å². The Hall–Kier alpha value is -1.40. The molecule has 2 N–H and O–H groups in total. The van der Waals surface area contributed by atoms with Gasteiger partial charge in [0.15, 0.2) is 5.96 Å². The van der Waals surface area contributed by atoms with E-state index in [4.69, 9.17) is 4.74 Å². The molecule has 0 aliphatic carbocycles. The van der Waals surface area contributed by atoms with Gasteiger partial charge in [-0.2, -0.15) is 11.8 Å². The number of benzene rings is 1. The second kappa shape index (κ2) is 10.7. The summed E-state index contributed by atoms with van der Waals surface area (Å²) in [6.07, 6.45) is 3.63. The fourth-order valence-corrected chi connectivity index (χ4v) is 4.17. The van der Waals surface area contributed by atoms with Crippen LogP contribution in [0.25, 0.3) is 0 Å². The highest BCUT2D eigenvalue weighted by Crippen LogP contribution is 2.36. The molecule has 0 saturated carbocycles. The highest BCUT2D eigenvalue weighted by Gasteiger charge is 2.29. The summed E-state index contributed by atoms with van der Waals surface area (Å²) in [4.78, 5) is 6.50. The molecular formula is C20H34N4OS. The average Bonchev–Trinajstić information content (AvgIpc) is 3.06. The number of aliphatic imine (C=N–C) groups is 1. The Labute approximate surface area is 163 Å². The largest absolute Gasteiger partial charge is 0.494 e. The number of ether oxygens (including phenoxy) is 1. The van der Waals surface area contributed by atoms with Crippen LogP contribution < -0.4 is 15.4 Å². The van der Waals surface area contributed by atoms with Crippen molar-refractivity contribution >= 4 is 17.7 Å². The molecule has 1 aliphatic rings. The first-order valence-electron chi connectivity index (χ1n) is 9.46. The SMILES string of the molecule is CN=C(NCc1ccc(OCCCN(C)C)cc1)NCC1(C)CCCS1. The van der Waals surface area contributed by atoms with E-state index >= 15 is 0 Å². The molecule has 6 heteroatoms. The Bertz CT molecular complexity index is 553. The van der Waals surface area contributed by atoms with Crippen LogP contribution in [0.3, 0.4) is 0 Å². The van der Waals surface area contributed by atoms with Gasteiger partial charge in [0.05, 0.1) is 6.61 Å². The maximum Gasteiger partial charge on any atom is 0.191 e. The Morgan fingerprint density at radius 2 is 2.04 bits per heavy atom. The van der Waals surface area contributed by atoms with Crippen molar-refractivity contribution in [1.82, 2.24) is 15.5 Å². The quantitative estimate of drug-likeness (QED) is 0.393. The van der Waals surface area contributed by atoms with Gasteiger partial charge in [0, 0.05) is 31.4 Å². The first kappa shape index (κ1) is 20.9. The van der Waals surface area contributed by atoms with Crippen molar-refractivity contribution in [3.8, 4) is 5.75 Å². The van der Waals surface area contributed by atoms with Crippen LogP contribution in [0.2, 0.25) is 0 Å². The van der Waals surface area contributed by atoms with E-state index in [0.29, 0.717) is 4.75 Å². The Balaban J connectivity index is 1.70. The third-order valence-corrected chi connectivity index (χ3v) is 6.09. The first-order chi connectivity index (χ1) is 12.5. The van der Waals surface area contributed by atoms with Crippen LogP contribution in [-0.4, -0.2) is 62.2 Å². The Kier molecular flexibility index (Phi) is 8.59. The third kappa shape index (κ3) is 7.46. The lowest BCUT2D eigenvalue weighted by Crippen LogP contribution is -2.43. The summed E-state index contributed by atoms with van der Waals surface area (Å²) < 4.78 is 6.12. The summed E-state index contributed by atoms with van der Waals surface area (Å²) in [7, 11) is 5.99. The monoisotopic (exact) mass is 378 g/mol. The summed E-state index contributed by atoms with van der Waals surface area (Å²) >= 11 is 2.06. The number of hydrogen-bond donors (Lipinski definition) is 2. The average molecular weight is 379 g/mol. The molecule has 1 heterocycles. The summed E-state index contributed by atoms with van der Waals surface area (Å²) in [6.45, 7) is 5.85. The maximum absolute atomic E-state index is 5.78. The van der Waals surface area contributed by atoms with Crippen LogP contribution in [0.1, 0.15) is 31.7 Å². The normalized spacial score (nSPS) is 20.4. The van der Waals surface area contributed by atoms with Crippen molar-refractivity contribution in [1.29, 1.82) is 0 Å². The summed E-state index contributed by atoms with van der Waals surface area (Å²) in [5, 5.41) is 6.86. The van der Waals surface area contributed by atoms with Crippen LogP contribution in [0.15, 0.2) is 29.3 Å². The van der Waals surface area contributed by atoms with E-state index in [1.807, 2.05) is 19.2 Å². The number of hydrogen-bond acceptors (Lipinski definition) is 4. The van der Waals surface area contributed by atoms with Gasteiger partial charge in [-0.05, 0) is 63.7 Å². The summed E-state index contributed by atoms with van der Waals surface area (Å²) in [5.74, 6) is 3.07. The maximum atomic E-state index is 5.78.